The summed E-state index contributed by atoms with van der Waals surface area (Å²) in [6.07, 6.45) is 0.714. The Morgan fingerprint density at radius 3 is 2.76 bits per heavy atom. The fourth-order valence-electron chi connectivity index (χ4n) is 2.62. The summed E-state index contributed by atoms with van der Waals surface area (Å²) in [4.78, 5) is 22.8. The Kier molecular flexibility index (Phi) is 3.38. The number of nitro groups is 1. The van der Waals surface area contributed by atoms with E-state index in [4.69, 9.17) is 9.47 Å². The average molecular weight is 293 g/mol. The van der Waals surface area contributed by atoms with Crippen molar-refractivity contribution in [2.45, 2.75) is 19.4 Å². The molecule has 2 aliphatic heterocycles. The third kappa shape index (κ3) is 2.49. The topological polar surface area (TPSA) is 103 Å². The van der Waals surface area contributed by atoms with Gasteiger partial charge in [-0.3, -0.25) is 14.9 Å². The molecule has 0 aliphatic carbocycles. The lowest BCUT2D eigenvalue weighted by Crippen LogP contribution is -2.32. The Balaban J connectivity index is 1.87. The molecule has 1 amide bonds. The Morgan fingerprint density at radius 2 is 2.14 bits per heavy atom. The van der Waals surface area contributed by atoms with Gasteiger partial charge in [-0.25, -0.2) is 0 Å². The van der Waals surface area contributed by atoms with Crippen molar-refractivity contribution in [2.75, 3.05) is 18.7 Å². The first kappa shape index (κ1) is 13.6. The highest BCUT2D eigenvalue weighted by atomic mass is 16.7. The fraction of sp³-hybridized carbons (Fsp3) is 0.462. The molecule has 2 N–H and O–H groups in total. The van der Waals surface area contributed by atoms with E-state index in [1.165, 1.54) is 12.1 Å². The molecule has 0 saturated carbocycles. The summed E-state index contributed by atoms with van der Waals surface area (Å²) in [7, 11) is 0. The van der Waals surface area contributed by atoms with Crippen molar-refractivity contribution in [2.24, 2.45) is 5.92 Å². The molecule has 0 aromatic heterocycles. The van der Waals surface area contributed by atoms with E-state index in [-0.39, 0.29) is 36.0 Å². The van der Waals surface area contributed by atoms with E-state index >= 15 is 0 Å². The van der Waals surface area contributed by atoms with Crippen LogP contribution in [0.15, 0.2) is 12.1 Å². The molecule has 0 spiro atoms. The Bertz CT molecular complexity index is 604. The van der Waals surface area contributed by atoms with Crippen molar-refractivity contribution < 1.29 is 19.2 Å². The number of carbonyl (C=O) groups excluding carboxylic acids is 1. The second-order valence-electron chi connectivity index (χ2n) is 5.11. The first-order valence-corrected chi connectivity index (χ1v) is 6.68. The van der Waals surface area contributed by atoms with Gasteiger partial charge in [-0.2, -0.15) is 0 Å². The molecule has 0 bridgehead atoms. The summed E-state index contributed by atoms with van der Waals surface area (Å²) < 4.78 is 10.3. The van der Waals surface area contributed by atoms with Gasteiger partial charge in [0.1, 0.15) is 5.69 Å². The second kappa shape index (κ2) is 5.21. The second-order valence-corrected chi connectivity index (χ2v) is 5.11. The highest BCUT2D eigenvalue weighted by Crippen LogP contribution is 2.40. The monoisotopic (exact) mass is 293 g/mol. The van der Waals surface area contributed by atoms with Crippen LogP contribution in [0.5, 0.6) is 11.5 Å². The van der Waals surface area contributed by atoms with E-state index < -0.39 is 4.92 Å². The fourth-order valence-corrected chi connectivity index (χ4v) is 2.62. The van der Waals surface area contributed by atoms with Gasteiger partial charge in [-0.15, -0.1) is 0 Å². The molecule has 3 rings (SSSR count). The quantitative estimate of drug-likeness (QED) is 0.642. The number of nitrogens with one attached hydrogen (secondary N) is 2. The minimum atomic E-state index is -0.548. The van der Waals surface area contributed by atoms with Gasteiger partial charge in [0, 0.05) is 12.1 Å². The van der Waals surface area contributed by atoms with Gasteiger partial charge < -0.3 is 20.1 Å². The van der Waals surface area contributed by atoms with Crippen LogP contribution in [0.25, 0.3) is 0 Å². The Labute approximate surface area is 120 Å². The van der Waals surface area contributed by atoms with Gasteiger partial charge in [-0.05, 0) is 19.9 Å². The van der Waals surface area contributed by atoms with Crippen LogP contribution in [0.1, 0.15) is 13.3 Å². The number of ether oxygens (including phenoxy) is 2. The Hall–Kier alpha value is -2.35. The van der Waals surface area contributed by atoms with Crippen LogP contribution in [-0.4, -0.2) is 30.2 Å². The smallest absolute Gasteiger partial charge is 0.296 e. The minimum absolute atomic E-state index is 0.0213. The number of rotatable bonds is 3. The molecule has 1 saturated heterocycles. The largest absolute Gasteiger partial charge is 0.454 e. The first-order chi connectivity index (χ1) is 10.1. The van der Waals surface area contributed by atoms with Gasteiger partial charge in [0.2, 0.25) is 12.7 Å². The maximum absolute atomic E-state index is 12.3. The van der Waals surface area contributed by atoms with Gasteiger partial charge >= 0.3 is 0 Å². The summed E-state index contributed by atoms with van der Waals surface area (Å²) in [5.74, 6) is 0.286. The average Bonchev–Trinajstić information content (AvgIpc) is 3.05. The zero-order valence-corrected chi connectivity index (χ0v) is 11.4. The van der Waals surface area contributed by atoms with Crippen molar-refractivity contribution in [1.82, 2.24) is 5.32 Å². The van der Waals surface area contributed by atoms with E-state index in [0.29, 0.717) is 17.9 Å². The molecule has 1 aromatic rings. The van der Waals surface area contributed by atoms with Crippen LogP contribution >= 0.6 is 0 Å². The number of benzene rings is 1. The molecular weight excluding hydrogens is 278 g/mol. The Morgan fingerprint density at radius 1 is 1.43 bits per heavy atom. The van der Waals surface area contributed by atoms with Crippen LogP contribution in [0.2, 0.25) is 0 Å². The van der Waals surface area contributed by atoms with Crippen LogP contribution in [0.4, 0.5) is 11.4 Å². The number of amides is 1. The zero-order valence-electron chi connectivity index (χ0n) is 11.4. The molecule has 21 heavy (non-hydrogen) atoms. The first-order valence-electron chi connectivity index (χ1n) is 6.68. The highest BCUT2D eigenvalue weighted by molar-refractivity contribution is 5.96. The summed E-state index contributed by atoms with van der Waals surface area (Å²) >= 11 is 0. The summed E-state index contributed by atoms with van der Waals surface area (Å²) in [5, 5.41) is 16.9. The molecule has 0 radical (unpaired) electrons. The normalized spacial score (nSPS) is 23.1. The third-order valence-corrected chi connectivity index (χ3v) is 3.81. The lowest BCUT2D eigenvalue weighted by Gasteiger charge is -2.15. The molecule has 2 atom stereocenters. The zero-order chi connectivity index (χ0) is 15.0. The minimum Gasteiger partial charge on any atom is -0.454 e. The molecule has 112 valence electrons. The molecule has 2 heterocycles. The van der Waals surface area contributed by atoms with Crippen LogP contribution < -0.4 is 20.1 Å². The van der Waals surface area contributed by atoms with Crippen molar-refractivity contribution >= 4 is 17.3 Å². The van der Waals surface area contributed by atoms with Crippen molar-refractivity contribution in [1.29, 1.82) is 0 Å². The predicted octanol–water partition coefficient (Wildman–Crippen LogP) is 1.26. The molecule has 8 heteroatoms. The van der Waals surface area contributed by atoms with E-state index in [1.807, 2.05) is 6.92 Å². The molecule has 1 fully saturated rings. The molecular formula is C13H15N3O5. The van der Waals surface area contributed by atoms with Crippen molar-refractivity contribution in [3.8, 4) is 11.5 Å². The summed E-state index contributed by atoms with van der Waals surface area (Å²) in [6.45, 7) is 2.71. The van der Waals surface area contributed by atoms with Crippen molar-refractivity contribution in [3.05, 3.63) is 22.2 Å². The van der Waals surface area contributed by atoms with Gasteiger partial charge in [0.05, 0.1) is 16.9 Å². The van der Waals surface area contributed by atoms with Crippen LogP contribution in [0, 0.1) is 16.0 Å². The maximum atomic E-state index is 12.3. The molecule has 2 unspecified atom stereocenters. The van der Waals surface area contributed by atoms with E-state index in [0.717, 1.165) is 6.54 Å². The number of anilines is 1. The van der Waals surface area contributed by atoms with Gasteiger partial charge in [0.25, 0.3) is 5.69 Å². The van der Waals surface area contributed by atoms with E-state index in [1.54, 1.807) is 0 Å². The number of hydrogen-bond acceptors (Lipinski definition) is 6. The van der Waals surface area contributed by atoms with Crippen molar-refractivity contribution in [3.63, 3.8) is 0 Å². The number of hydrogen-bond donors (Lipinski definition) is 2. The maximum Gasteiger partial charge on any atom is 0.296 e. The third-order valence-electron chi connectivity index (χ3n) is 3.81. The predicted molar refractivity (Wildman–Crippen MR) is 73.4 cm³/mol. The number of carbonyl (C=O) groups is 1. The van der Waals surface area contributed by atoms with E-state index in [9.17, 15) is 14.9 Å². The van der Waals surface area contributed by atoms with Crippen LogP contribution in [0.3, 0.4) is 0 Å². The standard InChI is InChI=1S/C13H15N3O5/c1-7-8(2-3-14-7)13(17)15-9-4-11-12(21-6-20-11)5-10(9)16(18)19/h4-5,7-8,14H,2-3,6H2,1H3,(H,15,17). The van der Waals surface area contributed by atoms with Gasteiger partial charge in [0.15, 0.2) is 11.5 Å². The summed E-state index contributed by atoms with van der Waals surface area (Å²) in [6, 6.07) is 2.76. The molecule has 8 nitrogen and oxygen atoms in total. The number of nitrogens with zero attached hydrogens (tertiary/aromatic N) is 1. The number of nitro benzene ring substituents is 1. The van der Waals surface area contributed by atoms with Gasteiger partial charge in [-0.1, -0.05) is 0 Å². The summed E-state index contributed by atoms with van der Waals surface area (Å²) in [5.41, 5.74) is -0.0699. The lowest BCUT2D eigenvalue weighted by atomic mass is 10.0. The number of fused-ring (bicyclic) bond motifs is 1. The van der Waals surface area contributed by atoms with E-state index in [2.05, 4.69) is 10.6 Å². The molecule has 2 aliphatic rings. The highest BCUT2D eigenvalue weighted by Gasteiger charge is 2.31. The van der Waals surface area contributed by atoms with Crippen LogP contribution in [-0.2, 0) is 4.79 Å². The molecule has 1 aromatic carbocycles. The SMILES string of the molecule is CC1NCCC1C(=O)Nc1cc2c(cc1[N+](=O)[O-])OCO2. The lowest BCUT2D eigenvalue weighted by molar-refractivity contribution is -0.384.